The standard InChI is InChI=1S/C7H15O7P.C7H15O5P/c1-4-5-12-7(8)6-15(9,13-10-2)14-11-3;1-4-5-6(7(8)9)13(10,11-2)12-3/h4-6H2,1-3H3;6H,4-5H2,1-3H3,(H,8,9). The number of rotatable bonds is 14. The van der Waals surface area contributed by atoms with E-state index in [1.54, 1.807) is 0 Å². The van der Waals surface area contributed by atoms with Crippen molar-refractivity contribution in [2.24, 2.45) is 0 Å². The van der Waals surface area contributed by atoms with Gasteiger partial charge in [-0.15, -0.1) is 9.35 Å². The third kappa shape index (κ3) is 11.9. The van der Waals surface area contributed by atoms with Crippen molar-refractivity contribution in [3.8, 4) is 0 Å². The summed E-state index contributed by atoms with van der Waals surface area (Å²) < 4.78 is 45.8. The van der Waals surface area contributed by atoms with Gasteiger partial charge >= 0.3 is 27.1 Å². The van der Waals surface area contributed by atoms with Crippen molar-refractivity contribution in [1.82, 2.24) is 0 Å². The maximum atomic E-state index is 11.7. The number of carboxylic acids is 1. The van der Waals surface area contributed by atoms with Crippen molar-refractivity contribution in [2.75, 3.05) is 41.2 Å². The Kier molecular flexibility index (Phi) is 16.8. The van der Waals surface area contributed by atoms with Gasteiger partial charge in [0.1, 0.15) is 0 Å². The zero-order chi connectivity index (χ0) is 22.2. The van der Waals surface area contributed by atoms with Crippen LogP contribution in [0.2, 0.25) is 0 Å². The minimum Gasteiger partial charge on any atom is -0.481 e. The van der Waals surface area contributed by atoms with Crippen molar-refractivity contribution in [1.29, 1.82) is 0 Å². The van der Waals surface area contributed by atoms with E-state index < -0.39 is 39.0 Å². The molecule has 168 valence electrons. The number of carbonyl (C=O) groups excluding carboxylic acids is 1. The molecule has 1 N–H and O–H groups in total. The Morgan fingerprint density at radius 3 is 1.75 bits per heavy atom. The van der Waals surface area contributed by atoms with E-state index in [1.807, 2.05) is 13.8 Å². The molecule has 0 saturated heterocycles. The molecule has 0 amide bonds. The third-order valence-electron chi connectivity index (χ3n) is 2.90. The smallest absolute Gasteiger partial charge is 0.395 e. The average molecular weight is 452 g/mol. The molecule has 0 rings (SSSR count). The number of hydrogen-bond acceptors (Lipinski definition) is 11. The predicted molar refractivity (Wildman–Crippen MR) is 97.9 cm³/mol. The molecule has 1 unspecified atom stereocenters. The van der Waals surface area contributed by atoms with Gasteiger partial charge in [-0.2, -0.15) is 0 Å². The molecule has 0 spiro atoms. The molecule has 0 heterocycles. The van der Waals surface area contributed by atoms with Gasteiger partial charge in [0.2, 0.25) is 0 Å². The van der Waals surface area contributed by atoms with Crippen LogP contribution in [0.25, 0.3) is 0 Å². The molecule has 1 atom stereocenters. The molecule has 0 radical (unpaired) electrons. The Bertz CT molecular complexity index is 520. The molecule has 28 heavy (non-hydrogen) atoms. The van der Waals surface area contributed by atoms with Gasteiger partial charge in [-0.3, -0.25) is 18.7 Å². The quantitative estimate of drug-likeness (QED) is 0.178. The maximum absolute atomic E-state index is 11.7. The predicted octanol–water partition coefficient (Wildman–Crippen LogP) is 3.01. The first-order valence-corrected chi connectivity index (χ1v) is 11.6. The van der Waals surface area contributed by atoms with Crippen molar-refractivity contribution in [2.45, 2.75) is 38.8 Å². The molecule has 0 fully saturated rings. The first kappa shape index (κ1) is 29.4. The second-order valence-electron chi connectivity index (χ2n) is 5.02. The van der Waals surface area contributed by atoms with Gasteiger partial charge in [0.15, 0.2) is 11.8 Å². The number of carbonyl (C=O) groups is 2. The van der Waals surface area contributed by atoms with Crippen LogP contribution in [0, 0.1) is 0 Å². The van der Waals surface area contributed by atoms with E-state index in [4.69, 9.17) is 9.84 Å². The number of ether oxygens (including phenoxy) is 1. The van der Waals surface area contributed by atoms with Gasteiger partial charge in [0, 0.05) is 14.2 Å². The van der Waals surface area contributed by atoms with Crippen LogP contribution in [0.5, 0.6) is 0 Å². The van der Waals surface area contributed by atoms with Crippen LogP contribution in [-0.4, -0.2) is 63.9 Å². The summed E-state index contributed by atoms with van der Waals surface area (Å²) in [7, 11) is -2.53. The van der Waals surface area contributed by atoms with Crippen molar-refractivity contribution in [3.63, 3.8) is 0 Å². The lowest BCUT2D eigenvalue weighted by molar-refractivity contribution is -0.242. The normalized spacial score (nSPS) is 12.6. The van der Waals surface area contributed by atoms with Crippen LogP contribution in [-0.2, 0) is 51.6 Å². The Morgan fingerprint density at radius 2 is 1.43 bits per heavy atom. The molecule has 12 nitrogen and oxygen atoms in total. The topological polar surface area (TPSA) is 153 Å². The molecule has 14 heteroatoms. The average Bonchev–Trinajstić information content (AvgIpc) is 2.64. The molecular weight excluding hydrogens is 422 g/mol. The summed E-state index contributed by atoms with van der Waals surface area (Å²) in [5.74, 6) is -1.84. The van der Waals surface area contributed by atoms with E-state index >= 15 is 0 Å². The van der Waals surface area contributed by atoms with Gasteiger partial charge in [-0.05, 0) is 12.8 Å². The largest absolute Gasteiger partial charge is 0.481 e. The highest BCUT2D eigenvalue weighted by molar-refractivity contribution is 7.55. The molecule has 0 aromatic rings. The zero-order valence-electron chi connectivity index (χ0n) is 16.9. The summed E-state index contributed by atoms with van der Waals surface area (Å²) >= 11 is 0. The van der Waals surface area contributed by atoms with E-state index in [-0.39, 0.29) is 13.0 Å². The van der Waals surface area contributed by atoms with E-state index in [9.17, 15) is 18.7 Å². The molecule has 0 saturated carbocycles. The summed E-state index contributed by atoms with van der Waals surface area (Å²) in [4.78, 5) is 30.2. The molecule has 0 aliphatic rings. The van der Waals surface area contributed by atoms with Crippen LogP contribution in [0.3, 0.4) is 0 Å². The Hall–Kier alpha value is -0.840. The van der Waals surface area contributed by atoms with Gasteiger partial charge in [0.05, 0.1) is 20.8 Å². The van der Waals surface area contributed by atoms with Crippen LogP contribution < -0.4 is 0 Å². The lowest BCUT2D eigenvalue weighted by Gasteiger charge is -2.20. The number of aliphatic carboxylic acids is 1. The van der Waals surface area contributed by atoms with Crippen molar-refractivity contribution < 1.29 is 56.7 Å². The number of hydrogen-bond donors (Lipinski definition) is 1. The van der Waals surface area contributed by atoms with Crippen molar-refractivity contribution in [3.05, 3.63) is 0 Å². The first-order valence-electron chi connectivity index (χ1n) is 8.23. The maximum Gasteiger partial charge on any atom is 0.395 e. The van der Waals surface area contributed by atoms with Gasteiger partial charge in [-0.1, -0.05) is 20.3 Å². The van der Waals surface area contributed by atoms with Crippen LogP contribution in [0.4, 0.5) is 0 Å². The molecular formula is C14H30O12P2. The second kappa shape index (κ2) is 16.0. The van der Waals surface area contributed by atoms with E-state index in [0.717, 1.165) is 14.2 Å². The summed E-state index contributed by atoms with van der Waals surface area (Å²) in [5.41, 5.74) is -1.06. The Labute approximate surface area is 164 Å². The molecule has 0 aliphatic heterocycles. The Morgan fingerprint density at radius 1 is 0.929 bits per heavy atom. The summed E-state index contributed by atoms with van der Waals surface area (Å²) in [6, 6.07) is 0. The highest BCUT2D eigenvalue weighted by Crippen LogP contribution is 2.53. The van der Waals surface area contributed by atoms with E-state index in [2.05, 4.69) is 28.2 Å². The summed E-state index contributed by atoms with van der Waals surface area (Å²) in [5, 5.41) is 8.77. The Balaban J connectivity index is 0. The minimum atomic E-state index is -3.73. The molecule has 0 bridgehead atoms. The monoisotopic (exact) mass is 452 g/mol. The second-order valence-corrected chi connectivity index (χ2v) is 9.29. The lowest BCUT2D eigenvalue weighted by Crippen LogP contribution is -2.21. The highest BCUT2D eigenvalue weighted by atomic mass is 31.2. The zero-order valence-corrected chi connectivity index (χ0v) is 18.7. The van der Waals surface area contributed by atoms with E-state index in [1.165, 1.54) is 14.2 Å². The van der Waals surface area contributed by atoms with Gasteiger partial charge in [0.25, 0.3) is 0 Å². The number of carboxylic acid groups (broad SMARTS) is 1. The lowest BCUT2D eigenvalue weighted by atomic mass is 10.2. The minimum absolute atomic E-state index is 0.249. The summed E-state index contributed by atoms with van der Waals surface area (Å²) in [6.07, 6.45) is 1.02. The van der Waals surface area contributed by atoms with Crippen LogP contribution in [0.1, 0.15) is 33.1 Å². The fourth-order valence-corrected chi connectivity index (χ4v) is 4.23. The molecule has 0 aliphatic carbocycles. The van der Waals surface area contributed by atoms with Crippen molar-refractivity contribution >= 4 is 27.1 Å². The fraction of sp³-hybridized carbons (Fsp3) is 0.857. The van der Waals surface area contributed by atoms with E-state index in [0.29, 0.717) is 12.8 Å². The van der Waals surface area contributed by atoms with Gasteiger partial charge < -0.3 is 18.9 Å². The highest BCUT2D eigenvalue weighted by Gasteiger charge is 2.39. The number of esters is 1. The molecule has 0 aromatic heterocycles. The summed E-state index contributed by atoms with van der Waals surface area (Å²) in [6.45, 7) is 3.90. The molecule has 0 aromatic carbocycles. The van der Waals surface area contributed by atoms with Gasteiger partial charge in [-0.25, -0.2) is 9.78 Å². The third-order valence-corrected chi connectivity index (χ3v) is 6.56. The fourth-order valence-electron chi connectivity index (χ4n) is 1.73. The van der Waals surface area contributed by atoms with Crippen LogP contribution in [0.15, 0.2) is 0 Å². The SMILES string of the molecule is CCCC(C(=O)O)P(=O)(OC)OC.CCCOC(=O)CP(=O)(OOC)OOC. The first-order chi connectivity index (χ1) is 13.1. The van der Waals surface area contributed by atoms with Crippen LogP contribution >= 0.6 is 15.2 Å².